The van der Waals surface area contributed by atoms with Gasteiger partial charge in [-0.05, 0) is 62.4 Å². The summed E-state index contributed by atoms with van der Waals surface area (Å²) in [5, 5.41) is 5.59. The summed E-state index contributed by atoms with van der Waals surface area (Å²) in [5.41, 5.74) is 11.0. The van der Waals surface area contributed by atoms with Crippen molar-refractivity contribution in [3.05, 3.63) is 53.5 Å². The van der Waals surface area contributed by atoms with E-state index in [1.165, 1.54) is 0 Å². The highest BCUT2D eigenvalue weighted by Gasteiger charge is 2.25. The fourth-order valence-corrected chi connectivity index (χ4v) is 4.98. The van der Waals surface area contributed by atoms with Gasteiger partial charge in [0.15, 0.2) is 0 Å². The summed E-state index contributed by atoms with van der Waals surface area (Å²) in [4.78, 5) is 13.5. The Morgan fingerprint density at radius 2 is 1.97 bits per heavy atom. The third-order valence-corrected chi connectivity index (χ3v) is 6.71. The van der Waals surface area contributed by atoms with E-state index in [1.54, 1.807) is 24.5 Å². The van der Waals surface area contributed by atoms with Crippen molar-refractivity contribution in [2.45, 2.75) is 50.5 Å². The van der Waals surface area contributed by atoms with Crippen LogP contribution in [-0.4, -0.2) is 36.1 Å². The fraction of sp³-hybridized carbons (Fsp3) is 0.348. The topological polar surface area (TPSA) is 134 Å². The molecule has 1 unspecified atom stereocenters. The van der Waals surface area contributed by atoms with Crippen molar-refractivity contribution in [3.63, 3.8) is 0 Å². The maximum absolute atomic E-state index is 12.4. The molecule has 1 saturated heterocycles. The van der Waals surface area contributed by atoms with Crippen LogP contribution in [0.25, 0.3) is 22.5 Å². The van der Waals surface area contributed by atoms with Crippen molar-refractivity contribution in [1.82, 2.24) is 15.0 Å². The molecule has 0 amide bonds. The van der Waals surface area contributed by atoms with Crippen LogP contribution in [0.5, 0.6) is 0 Å². The first kappa shape index (κ1) is 22.3. The van der Waals surface area contributed by atoms with Gasteiger partial charge in [0.05, 0.1) is 22.9 Å². The van der Waals surface area contributed by atoms with Gasteiger partial charge in [0.1, 0.15) is 11.5 Å². The molecule has 1 aliphatic heterocycles. The highest BCUT2D eigenvalue weighted by Crippen LogP contribution is 2.35. The van der Waals surface area contributed by atoms with Gasteiger partial charge < -0.3 is 10.5 Å². The van der Waals surface area contributed by atoms with Crippen molar-refractivity contribution in [2.24, 2.45) is 5.14 Å². The van der Waals surface area contributed by atoms with E-state index in [0.717, 1.165) is 36.1 Å². The standard InChI is InChI=1S/C23H27N5O3S/c1-14-6-7-20(32(25,29)30)18(12-17-5-3-4-10-31-17)21(14)19-13-27-23(24)22(28-19)16-8-9-26-15(2)11-16/h6-9,11,13,17H,3-5,10,12H2,1-2H3,(H2,24,27)(H2,25,29,30). The summed E-state index contributed by atoms with van der Waals surface area (Å²) in [6.07, 6.45) is 6.55. The van der Waals surface area contributed by atoms with Crippen LogP contribution in [-0.2, 0) is 21.2 Å². The number of nitrogens with two attached hydrogens (primary N) is 2. The molecule has 4 N–H and O–H groups in total. The molecule has 168 valence electrons. The highest BCUT2D eigenvalue weighted by atomic mass is 32.2. The second-order valence-electron chi connectivity index (χ2n) is 8.15. The first-order valence-electron chi connectivity index (χ1n) is 10.6. The van der Waals surface area contributed by atoms with Gasteiger partial charge in [-0.25, -0.2) is 23.5 Å². The summed E-state index contributed by atoms with van der Waals surface area (Å²) in [6.45, 7) is 4.48. The Bertz CT molecular complexity index is 1250. The summed E-state index contributed by atoms with van der Waals surface area (Å²) in [6, 6.07) is 7.01. The molecule has 4 rings (SSSR count). The van der Waals surface area contributed by atoms with Crippen LogP contribution in [0.15, 0.2) is 41.6 Å². The number of ether oxygens (including phenoxy) is 1. The van der Waals surface area contributed by atoms with E-state index in [2.05, 4.69) is 9.97 Å². The minimum atomic E-state index is -3.94. The third-order valence-electron chi connectivity index (χ3n) is 5.72. The number of primary sulfonamides is 1. The molecule has 3 aromatic rings. The quantitative estimate of drug-likeness (QED) is 0.606. The van der Waals surface area contributed by atoms with Gasteiger partial charge in [-0.15, -0.1) is 0 Å². The Morgan fingerprint density at radius 3 is 2.66 bits per heavy atom. The zero-order valence-corrected chi connectivity index (χ0v) is 19.0. The van der Waals surface area contributed by atoms with Crippen LogP contribution in [0.4, 0.5) is 5.82 Å². The second kappa shape index (κ2) is 8.93. The Kier molecular flexibility index (Phi) is 6.23. The number of aryl methyl sites for hydroxylation is 2. The molecular formula is C23H27N5O3S. The molecular weight excluding hydrogens is 426 g/mol. The van der Waals surface area contributed by atoms with Gasteiger partial charge in [0.2, 0.25) is 10.0 Å². The average Bonchev–Trinajstić information content (AvgIpc) is 2.74. The van der Waals surface area contributed by atoms with Gasteiger partial charge in [-0.3, -0.25) is 4.98 Å². The number of hydrogen-bond acceptors (Lipinski definition) is 7. The first-order valence-corrected chi connectivity index (χ1v) is 12.1. The Balaban J connectivity index is 1.90. The lowest BCUT2D eigenvalue weighted by Gasteiger charge is -2.25. The number of rotatable bonds is 5. The normalized spacial score (nSPS) is 16.8. The molecule has 8 nitrogen and oxygen atoms in total. The van der Waals surface area contributed by atoms with Crippen LogP contribution in [0.3, 0.4) is 0 Å². The minimum absolute atomic E-state index is 0.0751. The van der Waals surface area contributed by atoms with Crippen LogP contribution in [0.2, 0.25) is 0 Å². The number of aromatic nitrogens is 3. The highest BCUT2D eigenvalue weighted by molar-refractivity contribution is 7.89. The van der Waals surface area contributed by atoms with E-state index in [9.17, 15) is 8.42 Å². The van der Waals surface area contributed by atoms with E-state index < -0.39 is 10.0 Å². The van der Waals surface area contributed by atoms with Crippen molar-refractivity contribution < 1.29 is 13.2 Å². The minimum Gasteiger partial charge on any atom is -0.382 e. The lowest BCUT2D eigenvalue weighted by Crippen LogP contribution is -2.24. The van der Waals surface area contributed by atoms with Crippen molar-refractivity contribution in [1.29, 1.82) is 0 Å². The number of nitrogen functional groups attached to an aromatic ring is 1. The molecule has 3 heterocycles. The molecule has 1 aliphatic rings. The largest absolute Gasteiger partial charge is 0.382 e. The van der Waals surface area contributed by atoms with E-state index in [-0.39, 0.29) is 16.8 Å². The summed E-state index contributed by atoms with van der Waals surface area (Å²) in [5.74, 6) is 0.289. The second-order valence-corrected chi connectivity index (χ2v) is 9.68. The van der Waals surface area contributed by atoms with E-state index >= 15 is 0 Å². The van der Waals surface area contributed by atoms with E-state index in [0.29, 0.717) is 35.5 Å². The molecule has 1 fully saturated rings. The fourth-order valence-electron chi connectivity index (χ4n) is 4.19. The van der Waals surface area contributed by atoms with E-state index in [4.69, 9.17) is 20.6 Å². The number of hydrogen-bond donors (Lipinski definition) is 2. The number of pyridine rings is 1. The number of sulfonamides is 1. The number of nitrogens with zero attached hydrogens (tertiary/aromatic N) is 3. The summed E-state index contributed by atoms with van der Waals surface area (Å²) < 4.78 is 30.8. The zero-order chi connectivity index (χ0) is 22.9. The molecule has 0 radical (unpaired) electrons. The smallest absolute Gasteiger partial charge is 0.238 e. The van der Waals surface area contributed by atoms with Crippen LogP contribution in [0.1, 0.15) is 36.1 Å². The van der Waals surface area contributed by atoms with Gasteiger partial charge in [0, 0.05) is 36.0 Å². The van der Waals surface area contributed by atoms with Gasteiger partial charge in [-0.1, -0.05) is 6.07 Å². The van der Waals surface area contributed by atoms with Crippen LogP contribution < -0.4 is 10.9 Å². The van der Waals surface area contributed by atoms with Crippen molar-refractivity contribution in [3.8, 4) is 22.5 Å². The van der Waals surface area contributed by atoms with Gasteiger partial charge in [-0.2, -0.15) is 0 Å². The lowest BCUT2D eigenvalue weighted by molar-refractivity contribution is 0.0165. The molecule has 0 bridgehead atoms. The first-order chi connectivity index (χ1) is 15.2. The third kappa shape index (κ3) is 4.64. The SMILES string of the molecule is Cc1cc(-c2nc(-c3c(C)ccc(S(N)(=O)=O)c3CC3CCCCO3)cnc2N)ccn1. The molecule has 0 aliphatic carbocycles. The average molecular weight is 454 g/mol. The number of benzene rings is 1. The molecule has 0 spiro atoms. The molecule has 32 heavy (non-hydrogen) atoms. The van der Waals surface area contributed by atoms with Crippen LogP contribution >= 0.6 is 0 Å². The Hall–Kier alpha value is -2.88. The van der Waals surface area contributed by atoms with Gasteiger partial charge in [0.25, 0.3) is 0 Å². The zero-order valence-electron chi connectivity index (χ0n) is 18.2. The maximum Gasteiger partial charge on any atom is 0.238 e. The Labute approximate surface area is 188 Å². The lowest BCUT2D eigenvalue weighted by atomic mass is 9.93. The molecule has 2 aromatic heterocycles. The molecule has 0 saturated carbocycles. The number of anilines is 1. The molecule has 1 aromatic carbocycles. The maximum atomic E-state index is 12.4. The van der Waals surface area contributed by atoms with Crippen molar-refractivity contribution >= 4 is 15.8 Å². The molecule has 9 heteroatoms. The summed E-state index contributed by atoms with van der Waals surface area (Å²) in [7, 11) is -3.94. The predicted octanol–water partition coefficient (Wildman–Crippen LogP) is 3.16. The van der Waals surface area contributed by atoms with Gasteiger partial charge >= 0.3 is 0 Å². The monoisotopic (exact) mass is 453 g/mol. The Morgan fingerprint density at radius 1 is 1.16 bits per heavy atom. The van der Waals surface area contributed by atoms with Crippen LogP contribution in [0, 0.1) is 13.8 Å². The molecule has 1 atom stereocenters. The van der Waals surface area contributed by atoms with E-state index in [1.807, 2.05) is 26.0 Å². The predicted molar refractivity (Wildman–Crippen MR) is 123 cm³/mol. The summed E-state index contributed by atoms with van der Waals surface area (Å²) >= 11 is 0. The van der Waals surface area contributed by atoms with Crippen molar-refractivity contribution in [2.75, 3.05) is 12.3 Å².